The monoisotopic (exact) mass is 298 g/mol. The molecular weight excluding hydrogens is 276 g/mol. The fourth-order valence-electron chi connectivity index (χ4n) is 2.12. The third kappa shape index (κ3) is 5.22. The van der Waals surface area contributed by atoms with E-state index in [0.29, 0.717) is 5.92 Å². The number of hydrogen-bond acceptors (Lipinski definition) is 1. The molecule has 2 heteroatoms. The fourth-order valence-corrected chi connectivity index (χ4v) is 2.38. The van der Waals surface area contributed by atoms with Gasteiger partial charge in [0.1, 0.15) is 0 Å². The Hall–Kier alpha value is -0.340. The molecule has 1 nitrogen and oxygen atoms in total. The van der Waals surface area contributed by atoms with Crippen molar-refractivity contribution in [1.29, 1.82) is 0 Å². The Labute approximate surface area is 113 Å². The maximum Gasteiger partial charge on any atom is 0.0792 e. The highest BCUT2D eigenvalue weighted by atomic mass is 79.9. The van der Waals surface area contributed by atoms with Crippen LogP contribution in [0, 0.1) is 5.92 Å². The normalized spacial score (nSPS) is 14.6. The van der Waals surface area contributed by atoms with E-state index in [0.717, 1.165) is 22.9 Å². The number of halogens is 1. The molecule has 0 amide bonds. The summed E-state index contributed by atoms with van der Waals surface area (Å²) in [6, 6.07) is 7.99. The van der Waals surface area contributed by atoms with E-state index in [1.165, 1.54) is 19.3 Å². The van der Waals surface area contributed by atoms with Crippen LogP contribution in [0.1, 0.15) is 57.6 Å². The lowest BCUT2D eigenvalue weighted by molar-refractivity contribution is 0.139. The second-order valence-corrected chi connectivity index (χ2v) is 5.64. The van der Waals surface area contributed by atoms with Gasteiger partial charge in [0.15, 0.2) is 0 Å². The maximum absolute atomic E-state index is 10.2. The van der Waals surface area contributed by atoms with Crippen molar-refractivity contribution in [3.63, 3.8) is 0 Å². The molecule has 2 atom stereocenters. The molecule has 0 aliphatic carbocycles. The summed E-state index contributed by atoms with van der Waals surface area (Å²) in [7, 11) is 0. The van der Waals surface area contributed by atoms with Gasteiger partial charge in [0, 0.05) is 4.47 Å². The second-order valence-electron chi connectivity index (χ2n) is 4.72. The summed E-state index contributed by atoms with van der Waals surface area (Å²) in [5, 5.41) is 10.2. The van der Waals surface area contributed by atoms with Crippen molar-refractivity contribution in [3.05, 3.63) is 34.3 Å². The molecule has 96 valence electrons. The summed E-state index contributed by atoms with van der Waals surface area (Å²) in [4.78, 5) is 0. The van der Waals surface area contributed by atoms with Gasteiger partial charge in [-0.3, -0.25) is 0 Å². The molecule has 0 fully saturated rings. The molecule has 0 radical (unpaired) electrons. The largest absolute Gasteiger partial charge is 0.388 e. The molecule has 0 aliphatic heterocycles. The molecule has 1 rings (SSSR count). The zero-order valence-electron chi connectivity index (χ0n) is 10.8. The van der Waals surface area contributed by atoms with Crippen molar-refractivity contribution in [2.45, 2.75) is 52.1 Å². The standard InChI is InChI=1S/C15H23BrO/c1-3-5-6-12(4-2)11-15(17)13-7-9-14(16)10-8-13/h7-10,12,15,17H,3-6,11H2,1-2H3/t12-,15+/m1/s1. The van der Waals surface area contributed by atoms with Crippen molar-refractivity contribution in [2.24, 2.45) is 5.92 Å². The third-order valence-electron chi connectivity index (χ3n) is 3.35. The molecule has 0 aliphatic rings. The summed E-state index contributed by atoms with van der Waals surface area (Å²) in [6.07, 6.45) is 5.48. The van der Waals surface area contributed by atoms with Crippen molar-refractivity contribution >= 4 is 15.9 Å². The van der Waals surface area contributed by atoms with E-state index in [9.17, 15) is 5.11 Å². The SMILES string of the molecule is CCCC[C@@H](CC)C[C@H](O)c1ccc(Br)cc1. The van der Waals surface area contributed by atoms with E-state index < -0.39 is 0 Å². The van der Waals surface area contributed by atoms with Crippen LogP contribution in [-0.4, -0.2) is 5.11 Å². The first-order chi connectivity index (χ1) is 8.17. The van der Waals surface area contributed by atoms with Gasteiger partial charge in [0.25, 0.3) is 0 Å². The number of rotatable bonds is 7. The molecule has 0 heterocycles. The minimum Gasteiger partial charge on any atom is -0.388 e. The molecule has 1 aromatic carbocycles. The van der Waals surface area contributed by atoms with Gasteiger partial charge in [0.2, 0.25) is 0 Å². The van der Waals surface area contributed by atoms with Gasteiger partial charge >= 0.3 is 0 Å². The van der Waals surface area contributed by atoms with Crippen LogP contribution in [0.15, 0.2) is 28.7 Å². The Morgan fingerprint density at radius 3 is 2.35 bits per heavy atom. The van der Waals surface area contributed by atoms with Crippen molar-refractivity contribution in [3.8, 4) is 0 Å². The van der Waals surface area contributed by atoms with Gasteiger partial charge < -0.3 is 5.11 Å². The molecule has 17 heavy (non-hydrogen) atoms. The molecule has 1 N–H and O–H groups in total. The summed E-state index contributed by atoms with van der Waals surface area (Å²) in [5.74, 6) is 0.647. The van der Waals surface area contributed by atoms with E-state index in [4.69, 9.17) is 0 Å². The minimum absolute atomic E-state index is 0.315. The average Bonchev–Trinajstić information content (AvgIpc) is 2.35. The fraction of sp³-hybridized carbons (Fsp3) is 0.600. The molecular formula is C15H23BrO. The highest BCUT2D eigenvalue weighted by Gasteiger charge is 2.14. The van der Waals surface area contributed by atoms with E-state index in [1.807, 2.05) is 24.3 Å². The molecule has 0 unspecified atom stereocenters. The zero-order chi connectivity index (χ0) is 12.7. The molecule has 1 aromatic rings. The van der Waals surface area contributed by atoms with Crippen LogP contribution >= 0.6 is 15.9 Å². The van der Waals surface area contributed by atoms with Gasteiger partial charge in [-0.1, -0.05) is 67.6 Å². The average molecular weight is 299 g/mol. The Balaban J connectivity index is 2.51. The van der Waals surface area contributed by atoms with Crippen LogP contribution in [0.2, 0.25) is 0 Å². The van der Waals surface area contributed by atoms with Crippen LogP contribution in [0.4, 0.5) is 0 Å². The Morgan fingerprint density at radius 1 is 1.18 bits per heavy atom. The predicted molar refractivity (Wildman–Crippen MR) is 77.0 cm³/mol. The lowest BCUT2D eigenvalue weighted by Gasteiger charge is -2.19. The first kappa shape index (κ1) is 14.7. The van der Waals surface area contributed by atoms with Crippen LogP contribution in [0.25, 0.3) is 0 Å². The van der Waals surface area contributed by atoms with E-state index in [1.54, 1.807) is 0 Å². The van der Waals surface area contributed by atoms with E-state index in [2.05, 4.69) is 29.8 Å². The molecule has 0 aromatic heterocycles. The lowest BCUT2D eigenvalue weighted by atomic mass is 9.91. The van der Waals surface area contributed by atoms with Gasteiger partial charge in [-0.15, -0.1) is 0 Å². The van der Waals surface area contributed by atoms with Crippen molar-refractivity contribution < 1.29 is 5.11 Å². The minimum atomic E-state index is -0.315. The van der Waals surface area contributed by atoms with Crippen molar-refractivity contribution in [1.82, 2.24) is 0 Å². The van der Waals surface area contributed by atoms with Gasteiger partial charge in [-0.25, -0.2) is 0 Å². The highest BCUT2D eigenvalue weighted by molar-refractivity contribution is 9.10. The molecule has 0 saturated heterocycles. The Morgan fingerprint density at radius 2 is 1.82 bits per heavy atom. The number of hydrogen-bond donors (Lipinski definition) is 1. The van der Waals surface area contributed by atoms with Crippen LogP contribution in [-0.2, 0) is 0 Å². The van der Waals surface area contributed by atoms with Crippen LogP contribution in [0.5, 0.6) is 0 Å². The third-order valence-corrected chi connectivity index (χ3v) is 3.88. The topological polar surface area (TPSA) is 20.2 Å². The summed E-state index contributed by atoms with van der Waals surface area (Å²) < 4.78 is 1.06. The molecule has 0 spiro atoms. The van der Waals surface area contributed by atoms with E-state index in [-0.39, 0.29) is 6.10 Å². The first-order valence-electron chi connectivity index (χ1n) is 6.60. The van der Waals surface area contributed by atoms with Crippen LogP contribution < -0.4 is 0 Å². The Bertz CT molecular complexity index is 307. The van der Waals surface area contributed by atoms with Crippen LogP contribution in [0.3, 0.4) is 0 Å². The molecule has 0 bridgehead atoms. The predicted octanol–water partition coefficient (Wildman–Crippen LogP) is 5.09. The number of aliphatic hydroxyl groups is 1. The quantitative estimate of drug-likeness (QED) is 0.743. The van der Waals surface area contributed by atoms with Gasteiger partial charge in [-0.05, 0) is 30.0 Å². The Kier molecular flexibility index (Phi) is 6.83. The smallest absolute Gasteiger partial charge is 0.0792 e. The number of benzene rings is 1. The van der Waals surface area contributed by atoms with Crippen molar-refractivity contribution in [2.75, 3.05) is 0 Å². The van der Waals surface area contributed by atoms with Gasteiger partial charge in [-0.2, -0.15) is 0 Å². The highest BCUT2D eigenvalue weighted by Crippen LogP contribution is 2.27. The number of aliphatic hydroxyl groups excluding tert-OH is 1. The number of unbranched alkanes of at least 4 members (excludes halogenated alkanes) is 1. The summed E-state index contributed by atoms with van der Waals surface area (Å²) >= 11 is 3.41. The molecule has 0 saturated carbocycles. The maximum atomic E-state index is 10.2. The summed E-state index contributed by atoms with van der Waals surface area (Å²) in [6.45, 7) is 4.44. The van der Waals surface area contributed by atoms with Gasteiger partial charge in [0.05, 0.1) is 6.10 Å². The summed E-state index contributed by atoms with van der Waals surface area (Å²) in [5.41, 5.74) is 1.03. The zero-order valence-corrected chi connectivity index (χ0v) is 12.4. The second kappa shape index (κ2) is 7.88. The first-order valence-corrected chi connectivity index (χ1v) is 7.40. The lowest BCUT2D eigenvalue weighted by Crippen LogP contribution is -2.07. The van der Waals surface area contributed by atoms with E-state index >= 15 is 0 Å².